The van der Waals surface area contributed by atoms with Gasteiger partial charge in [-0.1, -0.05) is 18.2 Å². The summed E-state index contributed by atoms with van der Waals surface area (Å²) in [5.41, 5.74) is 0.818. The maximum Gasteiger partial charge on any atom is 0.319 e. The van der Waals surface area contributed by atoms with E-state index in [-0.39, 0.29) is 17.2 Å². The molecule has 0 spiro atoms. The van der Waals surface area contributed by atoms with Gasteiger partial charge in [0, 0.05) is 18.0 Å². The lowest BCUT2D eigenvalue weighted by atomic mass is 10.2. The molecule has 3 aromatic rings. The van der Waals surface area contributed by atoms with Crippen LogP contribution in [0.25, 0.3) is 11.5 Å². The summed E-state index contributed by atoms with van der Waals surface area (Å²) >= 11 is 5.17. The van der Waals surface area contributed by atoms with Gasteiger partial charge in [-0.05, 0) is 31.4 Å². The van der Waals surface area contributed by atoms with Crippen LogP contribution in [0.5, 0.6) is 0 Å². The van der Waals surface area contributed by atoms with Gasteiger partial charge in [0.1, 0.15) is 5.82 Å². The van der Waals surface area contributed by atoms with Crippen molar-refractivity contribution in [2.45, 2.75) is 19.8 Å². The van der Waals surface area contributed by atoms with Crippen molar-refractivity contribution in [2.75, 3.05) is 7.05 Å². The Morgan fingerprint density at radius 2 is 2.04 bits per heavy atom. The topological polar surface area (TPSA) is 52.0 Å². The zero-order valence-corrected chi connectivity index (χ0v) is 13.7. The molecule has 1 aromatic carbocycles. The first-order chi connectivity index (χ1) is 11.5. The molecule has 0 radical (unpaired) electrons. The quantitative estimate of drug-likeness (QED) is 0.636. The summed E-state index contributed by atoms with van der Waals surface area (Å²) in [4.78, 5) is 5.95. The van der Waals surface area contributed by atoms with E-state index in [0.717, 1.165) is 10.1 Å². The molecule has 0 aliphatic rings. The van der Waals surface area contributed by atoms with Crippen LogP contribution in [0.3, 0.4) is 0 Å². The van der Waals surface area contributed by atoms with Crippen molar-refractivity contribution in [3.05, 3.63) is 53.4 Å². The minimum absolute atomic E-state index is 0.220. The van der Waals surface area contributed by atoms with E-state index >= 15 is 0 Å². The summed E-state index contributed by atoms with van der Waals surface area (Å²) in [7, 11) is 1.77. The maximum absolute atomic E-state index is 12.8. The molecule has 0 atom stereocenters. The van der Waals surface area contributed by atoms with Crippen molar-refractivity contribution in [3.63, 3.8) is 0 Å². The summed E-state index contributed by atoms with van der Waals surface area (Å²) in [6.45, 7) is -2.09. The van der Waals surface area contributed by atoms with E-state index < -0.39 is 6.55 Å². The molecule has 24 heavy (non-hydrogen) atoms. The van der Waals surface area contributed by atoms with E-state index in [1.165, 1.54) is 17.1 Å². The Kier molecular flexibility index (Phi) is 4.81. The average Bonchev–Trinajstić information content (AvgIpc) is 3.15. The van der Waals surface area contributed by atoms with Crippen molar-refractivity contribution in [3.8, 4) is 11.5 Å². The first kappa shape index (κ1) is 16.5. The summed E-state index contributed by atoms with van der Waals surface area (Å²) < 4.78 is 33.5. The van der Waals surface area contributed by atoms with Crippen LogP contribution in [0.15, 0.2) is 47.1 Å². The fourth-order valence-corrected chi connectivity index (χ4v) is 2.43. The first-order valence-corrected chi connectivity index (χ1v) is 7.57. The van der Waals surface area contributed by atoms with Crippen LogP contribution in [0, 0.1) is 4.84 Å². The Hall–Kier alpha value is -2.39. The molecule has 0 N–H and O–H groups in total. The molecule has 0 saturated heterocycles. The molecule has 0 unspecified atom stereocenters. The summed E-state index contributed by atoms with van der Waals surface area (Å²) in [5.74, 6) is 0.689. The van der Waals surface area contributed by atoms with Gasteiger partial charge in [0.2, 0.25) is 5.89 Å². The lowest BCUT2D eigenvalue weighted by Gasteiger charge is -2.16. The van der Waals surface area contributed by atoms with Crippen LogP contribution in [-0.2, 0) is 13.2 Å². The summed E-state index contributed by atoms with van der Waals surface area (Å²) in [5, 5.41) is 4.34. The Morgan fingerprint density at radius 3 is 2.75 bits per heavy atom. The van der Waals surface area contributed by atoms with E-state index in [1.807, 2.05) is 30.3 Å². The van der Waals surface area contributed by atoms with Gasteiger partial charge in [-0.25, -0.2) is 9.67 Å². The minimum Gasteiger partial charge on any atom is -0.409 e. The standard InChI is InChI=1S/C15H15F2N5OS/c1-20(9-12-18-7-8-21(12)14(16)17)10-22-15(24)23-13(19-22)11-5-3-2-4-6-11/h2-8,14H,9-10H2,1H3. The summed E-state index contributed by atoms with van der Waals surface area (Å²) in [6.07, 6.45) is 2.60. The van der Waals surface area contributed by atoms with Crippen molar-refractivity contribution in [1.82, 2.24) is 24.2 Å². The molecule has 9 heteroatoms. The van der Waals surface area contributed by atoms with E-state index in [0.29, 0.717) is 12.6 Å². The third-order valence-electron chi connectivity index (χ3n) is 3.37. The first-order valence-electron chi connectivity index (χ1n) is 7.16. The molecule has 2 aromatic heterocycles. The molecule has 126 valence electrons. The van der Waals surface area contributed by atoms with Gasteiger partial charge in [0.25, 0.3) is 4.84 Å². The van der Waals surface area contributed by atoms with Crippen molar-refractivity contribution in [2.24, 2.45) is 0 Å². The van der Waals surface area contributed by atoms with Gasteiger partial charge in [-0.2, -0.15) is 8.78 Å². The molecule has 0 fully saturated rings. The van der Waals surface area contributed by atoms with Gasteiger partial charge in [0.05, 0.1) is 13.2 Å². The largest absolute Gasteiger partial charge is 0.409 e. The SMILES string of the molecule is CN(Cc1nccn1C(F)F)Cn1nc(-c2ccccc2)oc1=S. The second kappa shape index (κ2) is 7.02. The lowest BCUT2D eigenvalue weighted by molar-refractivity contribution is 0.0636. The molecule has 2 heterocycles. The average molecular weight is 351 g/mol. The third-order valence-corrected chi connectivity index (χ3v) is 3.67. The smallest absolute Gasteiger partial charge is 0.319 e. The zero-order chi connectivity index (χ0) is 17.1. The zero-order valence-electron chi connectivity index (χ0n) is 12.8. The third kappa shape index (κ3) is 3.57. The number of benzene rings is 1. The Balaban J connectivity index is 1.73. The Morgan fingerprint density at radius 1 is 1.29 bits per heavy atom. The second-order valence-corrected chi connectivity index (χ2v) is 5.57. The predicted molar refractivity (Wildman–Crippen MR) is 85.7 cm³/mol. The molecule has 3 rings (SSSR count). The lowest BCUT2D eigenvalue weighted by Crippen LogP contribution is -2.24. The van der Waals surface area contributed by atoms with Crippen LogP contribution in [0.1, 0.15) is 12.4 Å². The highest BCUT2D eigenvalue weighted by atomic mass is 32.1. The van der Waals surface area contributed by atoms with Crippen LogP contribution in [0.2, 0.25) is 0 Å². The second-order valence-electron chi connectivity index (χ2n) is 5.22. The molecule has 0 aliphatic carbocycles. The molecule has 0 amide bonds. The molecular formula is C15H15F2N5OS. The highest BCUT2D eigenvalue weighted by Gasteiger charge is 2.14. The fourth-order valence-electron chi connectivity index (χ4n) is 2.26. The normalized spacial score (nSPS) is 11.5. The molecule has 6 nitrogen and oxygen atoms in total. The van der Waals surface area contributed by atoms with Crippen molar-refractivity contribution >= 4 is 12.2 Å². The number of nitrogens with zero attached hydrogens (tertiary/aromatic N) is 5. The summed E-state index contributed by atoms with van der Waals surface area (Å²) in [6, 6.07) is 9.39. The number of alkyl halides is 2. The van der Waals surface area contributed by atoms with E-state index in [4.69, 9.17) is 16.6 Å². The van der Waals surface area contributed by atoms with Crippen LogP contribution >= 0.6 is 12.2 Å². The van der Waals surface area contributed by atoms with Crippen molar-refractivity contribution < 1.29 is 13.2 Å². The monoisotopic (exact) mass is 351 g/mol. The molecular weight excluding hydrogens is 336 g/mol. The van der Waals surface area contributed by atoms with Gasteiger partial charge < -0.3 is 4.42 Å². The number of hydrogen-bond acceptors (Lipinski definition) is 5. The van der Waals surface area contributed by atoms with Crippen LogP contribution in [-0.4, -0.2) is 31.3 Å². The highest BCUT2D eigenvalue weighted by Crippen LogP contribution is 2.18. The fraction of sp³-hybridized carbons (Fsp3) is 0.267. The number of imidazole rings is 1. The minimum atomic E-state index is -2.62. The van der Waals surface area contributed by atoms with E-state index in [9.17, 15) is 8.78 Å². The van der Waals surface area contributed by atoms with Crippen LogP contribution in [0.4, 0.5) is 8.78 Å². The number of aromatic nitrogens is 4. The predicted octanol–water partition coefficient (Wildman–Crippen LogP) is 3.55. The van der Waals surface area contributed by atoms with Gasteiger partial charge in [-0.3, -0.25) is 9.47 Å². The van der Waals surface area contributed by atoms with E-state index in [2.05, 4.69) is 10.1 Å². The van der Waals surface area contributed by atoms with Crippen LogP contribution < -0.4 is 0 Å². The van der Waals surface area contributed by atoms with Gasteiger partial charge >= 0.3 is 6.55 Å². The Labute approximate surface area is 142 Å². The highest BCUT2D eigenvalue weighted by molar-refractivity contribution is 7.71. The number of hydrogen-bond donors (Lipinski definition) is 0. The molecule has 0 bridgehead atoms. The number of rotatable bonds is 6. The Bertz CT molecular complexity index is 858. The van der Waals surface area contributed by atoms with Gasteiger partial charge in [-0.15, -0.1) is 5.10 Å². The maximum atomic E-state index is 12.8. The molecule has 0 aliphatic heterocycles. The van der Waals surface area contributed by atoms with Gasteiger partial charge in [0.15, 0.2) is 0 Å². The van der Waals surface area contributed by atoms with E-state index in [1.54, 1.807) is 11.9 Å². The van der Waals surface area contributed by atoms with Crippen molar-refractivity contribution in [1.29, 1.82) is 0 Å². The molecule has 0 saturated carbocycles. The number of halogens is 2.